The number of anilines is 1. The topological polar surface area (TPSA) is 55.1 Å². The number of aromatic nitrogens is 1. The lowest BCUT2D eigenvalue weighted by atomic mass is 10.1. The van der Waals surface area contributed by atoms with Crippen LogP contribution in [0.5, 0.6) is 0 Å². The van der Waals surface area contributed by atoms with Gasteiger partial charge in [-0.2, -0.15) is 0 Å². The highest BCUT2D eigenvalue weighted by atomic mass is 35.5. The van der Waals surface area contributed by atoms with Gasteiger partial charge in [0.05, 0.1) is 10.6 Å². The molecule has 0 fully saturated rings. The Morgan fingerprint density at radius 1 is 1.00 bits per heavy atom. The number of halogens is 5. The molecule has 4 nitrogen and oxygen atoms in total. The van der Waals surface area contributed by atoms with E-state index in [4.69, 9.17) is 16.0 Å². The smallest absolute Gasteiger partial charge is 0.257 e. The molecular formula is C24H19ClF4N2O2. The number of rotatable bonds is 3. The first kappa shape index (κ1) is 24.3. The molecule has 0 radical (unpaired) electrons. The molecular weight excluding hydrogens is 460 g/mol. The second-order valence-corrected chi connectivity index (χ2v) is 7.29. The molecule has 9 heteroatoms. The van der Waals surface area contributed by atoms with Crippen LogP contribution in [0.15, 0.2) is 40.8 Å². The number of hydrogen-bond acceptors (Lipinski definition) is 3. The molecule has 33 heavy (non-hydrogen) atoms. The number of nitrogens with zero attached hydrogens (tertiary/aromatic N) is 1. The SMILES string of the molecule is CC.Cc1cc(F)c2nc(-c3cc(F)cc(NC(=O)c4ccc(F)c(F)c4Cl)c3C)oc2c1. The molecule has 1 heterocycles. The van der Waals surface area contributed by atoms with Gasteiger partial charge in [-0.1, -0.05) is 25.4 Å². The normalized spacial score (nSPS) is 10.7. The van der Waals surface area contributed by atoms with Crippen molar-refractivity contribution >= 4 is 34.3 Å². The molecule has 4 rings (SSSR count). The Hall–Kier alpha value is -3.39. The molecule has 0 atom stereocenters. The molecule has 0 saturated carbocycles. The number of carbonyl (C=O) groups is 1. The average molecular weight is 479 g/mol. The van der Waals surface area contributed by atoms with Crippen LogP contribution in [0.2, 0.25) is 5.02 Å². The van der Waals surface area contributed by atoms with E-state index in [9.17, 15) is 22.4 Å². The first-order chi connectivity index (χ1) is 15.7. The third kappa shape index (κ3) is 4.71. The van der Waals surface area contributed by atoms with Gasteiger partial charge in [-0.25, -0.2) is 22.5 Å². The molecule has 0 aliphatic heterocycles. The predicted octanol–water partition coefficient (Wildman–Crippen LogP) is 7.60. The van der Waals surface area contributed by atoms with E-state index in [0.717, 1.165) is 24.3 Å². The number of nitrogens with one attached hydrogen (secondary N) is 1. The van der Waals surface area contributed by atoms with Gasteiger partial charge in [0.25, 0.3) is 5.91 Å². The molecule has 3 aromatic carbocycles. The Bertz CT molecular complexity index is 1370. The van der Waals surface area contributed by atoms with E-state index in [1.165, 1.54) is 6.07 Å². The molecule has 0 aliphatic rings. The Morgan fingerprint density at radius 3 is 2.39 bits per heavy atom. The van der Waals surface area contributed by atoms with Crippen LogP contribution in [0.1, 0.15) is 35.3 Å². The quantitative estimate of drug-likeness (QED) is 0.243. The van der Waals surface area contributed by atoms with E-state index < -0.39 is 34.2 Å². The van der Waals surface area contributed by atoms with Crippen molar-refractivity contribution in [3.63, 3.8) is 0 Å². The Kier molecular flexibility index (Phi) is 7.07. The van der Waals surface area contributed by atoms with E-state index in [-0.39, 0.29) is 33.8 Å². The maximum Gasteiger partial charge on any atom is 0.257 e. The maximum absolute atomic E-state index is 14.3. The first-order valence-electron chi connectivity index (χ1n) is 9.97. The van der Waals surface area contributed by atoms with E-state index in [1.807, 2.05) is 13.8 Å². The van der Waals surface area contributed by atoms with Crippen molar-refractivity contribution in [2.45, 2.75) is 27.7 Å². The third-order valence-corrected chi connectivity index (χ3v) is 5.09. The standard InChI is InChI=1S/C22H13ClF4N2O2.C2H6/c1-9-5-15(26)20-17(6-9)31-22(29-20)13-7-11(24)8-16(10(13)2)28-21(30)12-3-4-14(25)19(27)18(12)23;1-2/h3-8H,1-2H3,(H,28,30);1-2H3. The number of fused-ring (bicyclic) bond motifs is 1. The maximum atomic E-state index is 14.3. The van der Waals surface area contributed by atoms with Crippen molar-refractivity contribution in [3.8, 4) is 11.5 Å². The molecule has 1 aromatic heterocycles. The van der Waals surface area contributed by atoms with Crippen LogP contribution < -0.4 is 5.32 Å². The zero-order valence-corrected chi connectivity index (χ0v) is 18.9. The van der Waals surface area contributed by atoms with Crippen molar-refractivity contribution in [1.82, 2.24) is 4.98 Å². The highest BCUT2D eigenvalue weighted by Crippen LogP contribution is 2.33. The van der Waals surface area contributed by atoms with Gasteiger partial charge in [0, 0.05) is 11.3 Å². The van der Waals surface area contributed by atoms with Gasteiger partial charge in [0.1, 0.15) is 11.3 Å². The highest BCUT2D eigenvalue weighted by Gasteiger charge is 2.21. The number of carbonyl (C=O) groups excluding carboxylic acids is 1. The highest BCUT2D eigenvalue weighted by molar-refractivity contribution is 6.34. The monoisotopic (exact) mass is 478 g/mol. The second-order valence-electron chi connectivity index (χ2n) is 6.92. The molecule has 0 saturated heterocycles. The van der Waals surface area contributed by atoms with E-state index in [1.54, 1.807) is 19.9 Å². The van der Waals surface area contributed by atoms with Crippen molar-refractivity contribution in [1.29, 1.82) is 0 Å². The molecule has 0 spiro atoms. The van der Waals surface area contributed by atoms with Gasteiger partial charge < -0.3 is 9.73 Å². The number of aryl methyl sites for hydroxylation is 1. The minimum absolute atomic E-state index is 0.0107. The largest absolute Gasteiger partial charge is 0.436 e. The molecule has 0 aliphatic carbocycles. The van der Waals surface area contributed by atoms with Crippen LogP contribution >= 0.6 is 11.6 Å². The summed E-state index contributed by atoms with van der Waals surface area (Å²) in [6.45, 7) is 7.25. The average Bonchev–Trinajstić information content (AvgIpc) is 3.20. The molecule has 172 valence electrons. The second kappa shape index (κ2) is 9.62. The van der Waals surface area contributed by atoms with E-state index in [2.05, 4.69) is 10.3 Å². The predicted molar refractivity (Wildman–Crippen MR) is 120 cm³/mol. The van der Waals surface area contributed by atoms with Crippen molar-refractivity contribution in [2.24, 2.45) is 0 Å². The lowest BCUT2D eigenvalue weighted by Crippen LogP contribution is -2.14. The molecule has 0 bridgehead atoms. The summed E-state index contributed by atoms with van der Waals surface area (Å²) in [5, 5.41) is 1.73. The van der Waals surface area contributed by atoms with Crippen LogP contribution in [-0.2, 0) is 0 Å². The Morgan fingerprint density at radius 2 is 1.70 bits per heavy atom. The summed E-state index contributed by atoms with van der Waals surface area (Å²) in [5.41, 5.74) is 1.04. The van der Waals surface area contributed by atoms with Gasteiger partial charge in [-0.15, -0.1) is 0 Å². The lowest BCUT2D eigenvalue weighted by molar-refractivity contribution is 0.102. The van der Waals surface area contributed by atoms with E-state index >= 15 is 0 Å². The van der Waals surface area contributed by atoms with Crippen LogP contribution in [0, 0.1) is 37.1 Å². The summed E-state index contributed by atoms with van der Waals surface area (Å²) < 4.78 is 61.0. The summed E-state index contributed by atoms with van der Waals surface area (Å²) in [4.78, 5) is 16.6. The molecule has 1 N–H and O–H groups in total. The number of benzene rings is 3. The fraction of sp³-hybridized carbons (Fsp3) is 0.167. The summed E-state index contributed by atoms with van der Waals surface area (Å²) in [6, 6.07) is 6.83. The third-order valence-electron chi connectivity index (χ3n) is 4.72. The fourth-order valence-corrected chi connectivity index (χ4v) is 3.39. The van der Waals surface area contributed by atoms with Crippen LogP contribution in [0.4, 0.5) is 23.2 Å². The van der Waals surface area contributed by atoms with Crippen molar-refractivity contribution in [2.75, 3.05) is 5.32 Å². The van der Waals surface area contributed by atoms with Gasteiger partial charge in [-0.05, 0) is 61.4 Å². The Labute approximate surface area is 192 Å². The summed E-state index contributed by atoms with van der Waals surface area (Å²) in [7, 11) is 0. The van der Waals surface area contributed by atoms with Crippen molar-refractivity contribution < 1.29 is 26.8 Å². The van der Waals surface area contributed by atoms with Crippen molar-refractivity contribution in [3.05, 3.63) is 81.4 Å². The zero-order valence-electron chi connectivity index (χ0n) is 18.1. The minimum atomic E-state index is -1.37. The molecule has 4 aromatic rings. The minimum Gasteiger partial charge on any atom is -0.436 e. The van der Waals surface area contributed by atoms with Gasteiger partial charge in [0.2, 0.25) is 5.89 Å². The van der Waals surface area contributed by atoms with Gasteiger partial charge >= 0.3 is 0 Å². The first-order valence-corrected chi connectivity index (χ1v) is 10.4. The summed E-state index contributed by atoms with van der Waals surface area (Å²) in [5.74, 6) is -4.80. The van der Waals surface area contributed by atoms with E-state index in [0.29, 0.717) is 11.1 Å². The lowest BCUT2D eigenvalue weighted by Gasteiger charge is -2.12. The van der Waals surface area contributed by atoms with Gasteiger partial charge in [-0.3, -0.25) is 4.79 Å². The number of oxazole rings is 1. The fourth-order valence-electron chi connectivity index (χ4n) is 3.15. The summed E-state index contributed by atoms with van der Waals surface area (Å²) in [6.07, 6.45) is 0. The van der Waals surface area contributed by atoms with Crippen LogP contribution in [-0.4, -0.2) is 10.9 Å². The zero-order chi connectivity index (χ0) is 24.4. The molecule has 1 amide bonds. The molecule has 0 unspecified atom stereocenters. The number of amides is 1. The Balaban J connectivity index is 0.00000149. The van der Waals surface area contributed by atoms with Gasteiger partial charge in [0.15, 0.2) is 23.0 Å². The van der Waals surface area contributed by atoms with Crippen LogP contribution in [0.25, 0.3) is 22.6 Å². The number of hydrogen-bond donors (Lipinski definition) is 1. The summed E-state index contributed by atoms with van der Waals surface area (Å²) >= 11 is 5.72. The van der Waals surface area contributed by atoms with Crippen LogP contribution in [0.3, 0.4) is 0 Å².